The Labute approximate surface area is 226 Å². The predicted octanol–water partition coefficient (Wildman–Crippen LogP) is 3.81. The van der Waals surface area contributed by atoms with Crippen LogP contribution in [0.2, 0.25) is 0 Å². The number of nitrogens with one attached hydrogen (secondary N) is 3. The molecule has 39 heavy (non-hydrogen) atoms. The number of halogens is 1. The molecule has 2 aliphatic heterocycles. The monoisotopic (exact) mass is 527 g/mol. The molecule has 3 aromatic rings. The first-order valence-electron chi connectivity index (χ1n) is 12.8. The molecule has 5 rings (SSSR count). The van der Waals surface area contributed by atoms with Gasteiger partial charge in [0.05, 0.1) is 17.0 Å². The van der Waals surface area contributed by atoms with Gasteiger partial charge in [0.15, 0.2) is 0 Å². The molecule has 1 saturated heterocycles. The SMILES string of the molecule is CNC(=O)c1cccc(/C(Nc2ccc(C(=O)N3CCN(C)CC3)cc2)=C2/C(=O)Nc3cc(F)ccc32)c1C. The number of carbonyl (C=O) groups excluding carboxylic acids is 3. The zero-order chi connectivity index (χ0) is 27.7. The van der Waals surface area contributed by atoms with Crippen molar-refractivity contribution in [3.63, 3.8) is 0 Å². The summed E-state index contributed by atoms with van der Waals surface area (Å²) in [5.74, 6) is -1.11. The van der Waals surface area contributed by atoms with Crippen LogP contribution in [0.25, 0.3) is 11.3 Å². The molecule has 9 heteroatoms. The van der Waals surface area contributed by atoms with Crippen LogP contribution in [0.1, 0.15) is 37.4 Å². The second-order valence-corrected chi connectivity index (χ2v) is 9.75. The summed E-state index contributed by atoms with van der Waals surface area (Å²) in [7, 11) is 3.60. The first-order valence-corrected chi connectivity index (χ1v) is 12.8. The Morgan fingerprint density at radius 1 is 0.949 bits per heavy atom. The van der Waals surface area contributed by atoms with E-state index in [0.29, 0.717) is 63.6 Å². The highest BCUT2D eigenvalue weighted by Crippen LogP contribution is 2.39. The minimum atomic E-state index is -0.455. The second-order valence-electron chi connectivity index (χ2n) is 9.75. The van der Waals surface area contributed by atoms with Crippen LogP contribution < -0.4 is 16.0 Å². The van der Waals surface area contributed by atoms with Gasteiger partial charge in [-0.3, -0.25) is 14.4 Å². The largest absolute Gasteiger partial charge is 0.355 e. The third-order valence-corrected chi connectivity index (χ3v) is 7.24. The summed E-state index contributed by atoms with van der Waals surface area (Å²) in [6.45, 7) is 4.86. The van der Waals surface area contributed by atoms with Gasteiger partial charge in [0.2, 0.25) is 0 Å². The number of amides is 3. The molecular formula is C30H30FN5O3. The number of anilines is 2. The molecule has 0 spiro atoms. The van der Waals surface area contributed by atoms with Crippen LogP contribution in [0.4, 0.5) is 15.8 Å². The zero-order valence-electron chi connectivity index (χ0n) is 22.1. The van der Waals surface area contributed by atoms with E-state index in [9.17, 15) is 18.8 Å². The quantitative estimate of drug-likeness (QED) is 0.439. The molecule has 3 N–H and O–H groups in total. The third kappa shape index (κ3) is 5.13. The summed E-state index contributed by atoms with van der Waals surface area (Å²) < 4.78 is 13.9. The molecule has 2 aliphatic rings. The fourth-order valence-electron chi connectivity index (χ4n) is 4.98. The lowest BCUT2D eigenvalue weighted by Gasteiger charge is -2.32. The number of carbonyl (C=O) groups is 3. The van der Waals surface area contributed by atoms with Gasteiger partial charge in [-0.1, -0.05) is 12.1 Å². The number of hydrogen-bond donors (Lipinski definition) is 3. The summed E-state index contributed by atoms with van der Waals surface area (Å²) >= 11 is 0. The minimum Gasteiger partial charge on any atom is -0.355 e. The maximum Gasteiger partial charge on any atom is 0.258 e. The number of rotatable bonds is 5. The molecule has 8 nitrogen and oxygen atoms in total. The Balaban J connectivity index is 1.55. The topological polar surface area (TPSA) is 93.8 Å². The molecule has 2 heterocycles. The summed E-state index contributed by atoms with van der Waals surface area (Å²) in [4.78, 5) is 42.8. The molecule has 0 saturated carbocycles. The van der Waals surface area contributed by atoms with E-state index in [1.165, 1.54) is 12.1 Å². The molecule has 3 aromatic carbocycles. The molecule has 0 atom stereocenters. The van der Waals surface area contributed by atoms with Gasteiger partial charge in [0.1, 0.15) is 5.82 Å². The van der Waals surface area contributed by atoms with Gasteiger partial charge in [-0.05, 0) is 68.1 Å². The standard InChI is InChI=1S/C30H30FN5O3/c1-18-22(5-4-6-23(18)28(37)32-2)27(26-24-12-9-20(31)17-25(24)34-29(26)38)33-21-10-7-19(8-11-21)30(39)36-15-13-35(3)14-16-36/h4-12,17,33H,13-16H2,1-3H3,(H,32,37)(H,34,38)/b27-26-. The van der Waals surface area contributed by atoms with Crippen LogP contribution in [0.5, 0.6) is 0 Å². The molecule has 0 radical (unpaired) electrons. The third-order valence-electron chi connectivity index (χ3n) is 7.24. The average molecular weight is 528 g/mol. The van der Waals surface area contributed by atoms with Gasteiger partial charge in [0, 0.05) is 61.2 Å². The van der Waals surface area contributed by atoms with Gasteiger partial charge in [-0.25, -0.2) is 4.39 Å². The van der Waals surface area contributed by atoms with E-state index in [1.54, 1.807) is 49.5 Å². The predicted molar refractivity (Wildman–Crippen MR) is 150 cm³/mol. The fourth-order valence-corrected chi connectivity index (χ4v) is 4.98. The van der Waals surface area contributed by atoms with Crippen LogP contribution in [-0.4, -0.2) is 67.8 Å². The lowest BCUT2D eigenvalue weighted by molar-refractivity contribution is -0.110. The summed E-state index contributed by atoms with van der Waals surface area (Å²) in [6, 6.07) is 16.6. The van der Waals surface area contributed by atoms with Crippen molar-refractivity contribution in [2.75, 3.05) is 50.9 Å². The molecule has 0 unspecified atom stereocenters. The van der Waals surface area contributed by atoms with Crippen LogP contribution in [0, 0.1) is 12.7 Å². The van der Waals surface area contributed by atoms with Gasteiger partial charge in [-0.2, -0.15) is 0 Å². The van der Waals surface area contributed by atoms with Crippen molar-refractivity contribution in [2.24, 2.45) is 0 Å². The van der Waals surface area contributed by atoms with E-state index in [0.717, 1.165) is 13.1 Å². The molecule has 0 bridgehead atoms. The molecule has 0 aromatic heterocycles. The van der Waals surface area contributed by atoms with Gasteiger partial charge >= 0.3 is 0 Å². The maximum atomic E-state index is 13.9. The lowest BCUT2D eigenvalue weighted by atomic mass is 9.94. The Kier molecular flexibility index (Phi) is 7.17. The first-order chi connectivity index (χ1) is 18.8. The van der Waals surface area contributed by atoms with Crippen molar-refractivity contribution >= 4 is 40.4 Å². The van der Waals surface area contributed by atoms with Gasteiger partial charge in [-0.15, -0.1) is 0 Å². The van der Waals surface area contributed by atoms with E-state index in [-0.39, 0.29) is 17.7 Å². The second kappa shape index (κ2) is 10.7. The summed E-state index contributed by atoms with van der Waals surface area (Å²) in [5.41, 5.74) is 4.77. The highest BCUT2D eigenvalue weighted by Gasteiger charge is 2.30. The van der Waals surface area contributed by atoms with Crippen LogP contribution in [0.15, 0.2) is 60.7 Å². The van der Waals surface area contributed by atoms with Crippen LogP contribution in [0.3, 0.4) is 0 Å². The number of fused-ring (bicyclic) bond motifs is 1. The van der Waals surface area contributed by atoms with Crippen molar-refractivity contribution in [3.05, 3.63) is 94.3 Å². The molecule has 1 fully saturated rings. The Hall–Kier alpha value is -4.50. The smallest absolute Gasteiger partial charge is 0.258 e. The van der Waals surface area contributed by atoms with Crippen molar-refractivity contribution in [1.82, 2.24) is 15.1 Å². The summed E-state index contributed by atoms with van der Waals surface area (Å²) in [6.07, 6.45) is 0. The van der Waals surface area contributed by atoms with E-state index >= 15 is 0 Å². The molecule has 3 amide bonds. The normalized spacial score (nSPS) is 16.4. The van der Waals surface area contributed by atoms with Gasteiger partial charge < -0.3 is 25.8 Å². The van der Waals surface area contributed by atoms with E-state index in [4.69, 9.17) is 0 Å². The number of benzene rings is 3. The van der Waals surface area contributed by atoms with Crippen molar-refractivity contribution in [2.45, 2.75) is 6.92 Å². The lowest BCUT2D eigenvalue weighted by Crippen LogP contribution is -2.47. The minimum absolute atomic E-state index is 0.0199. The Morgan fingerprint density at radius 2 is 1.64 bits per heavy atom. The fraction of sp³-hybridized carbons (Fsp3) is 0.233. The number of hydrogen-bond acceptors (Lipinski definition) is 5. The molecule has 0 aliphatic carbocycles. The average Bonchev–Trinajstić information content (AvgIpc) is 3.26. The first kappa shape index (κ1) is 26.1. The number of piperazine rings is 1. The number of nitrogens with zero attached hydrogens (tertiary/aromatic N) is 2. The highest BCUT2D eigenvalue weighted by molar-refractivity contribution is 6.37. The molecule has 200 valence electrons. The van der Waals surface area contributed by atoms with E-state index in [1.807, 2.05) is 24.9 Å². The summed E-state index contributed by atoms with van der Waals surface area (Å²) in [5, 5.41) is 8.76. The molecular weight excluding hydrogens is 497 g/mol. The van der Waals surface area contributed by atoms with Crippen molar-refractivity contribution in [3.8, 4) is 0 Å². The van der Waals surface area contributed by atoms with Crippen LogP contribution >= 0.6 is 0 Å². The Bertz CT molecular complexity index is 1490. The maximum absolute atomic E-state index is 13.9. The number of likely N-dealkylation sites (N-methyl/N-ethyl adjacent to an activating group) is 1. The van der Waals surface area contributed by atoms with Crippen LogP contribution in [-0.2, 0) is 4.79 Å². The highest BCUT2D eigenvalue weighted by atomic mass is 19.1. The van der Waals surface area contributed by atoms with Crippen molar-refractivity contribution < 1.29 is 18.8 Å². The zero-order valence-corrected chi connectivity index (χ0v) is 22.1. The Morgan fingerprint density at radius 3 is 2.33 bits per heavy atom. The van der Waals surface area contributed by atoms with E-state index in [2.05, 4.69) is 20.9 Å². The van der Waals surface area contributed by atoms with E-state index < -0.39 is 5.82 Å². The van der Waals surface area contributed by atoms with Gasteiger partial charge in [0.25, 0.3) is 17.7 Å². The van der Waals surface area contributed by atoms with Crippen molar-refractivity contribution in [1.29, 1.82) is 0 Å².